The number of hydrogen-bond donors (Lipinski definition) is 1. The summed E-state index contributed by atoms with van der Waals surface area (Å²) in [6.07, 6.45) is 5.88. The Labute approximate surface area is 113 Å². The van der Waals surface area contributed by atoms with E-state index >= 15 is 0 Å². The van der Waals surface area contributed by atoms with E-state index in [9.17, 15) is 0 Å². The number of rotatable bonds is 7. The summed E-state index contributed by atoms with van der Waals surface area (Å²) in [4.78, 5) is 2.49. The van der Waals surface area contributed by atoms with Crippen molar-refractivity contribution in [2.75, 3.05) is 19.6 Å². The Morgan fingerprint density at radius 1 is 1.33 bits per heavy atom. The molecule has 1 heterocycles. The molecule has 0 saturated carbocycles. The molecule has 0 aromatic carbocycles. The van der Waals surface area contributed by atoms with Crippen LogP contribution in [-0.2, 0) is 0 Å². The predicted molar refractivity (Wildman–Crippen MR) is 76.4 cm³/mol. The Kier molecular flexibility index (Phi) is 7.31. The highest BCUT2D eigenvalue weighted by Crippen LogP contribution is 2.16. The van der Waals surface area contributed by atoms with E-state index in [-0.39, 0.29) is 0 Å². The van der Waals surface area contributed by atoms with Gasteiger partial charge in [0.25, 0.3) is 0 Å². The minimum atomic E-state index is 0.580. The van der Waals surface area contributed by atoms with Crippen LogP contribution in [0.15, 0.2) is 0 Å². The van der Waals surface area contributed by atoms with E-state index in [1.807, 2.05) is 0 Å². The van der Waals surface area contributed by atoms with Gasteiger partial charge in [-0.1, -0.05) is 20.3 Å². The van der Waals surface area contributed by atoms with Crippen molar-refractivity contribution in [3.8, 4) is 6.07 Å². The lowest BCUT2D eigenvalue weighted by atomic mass is 9.97. The molecule has 2 atom stereocenters. The van der Waals surface area contributed by atoms with Gasteiger partial charge in [0, 0.05) is 31.6 Å². The molecule has 1 rings (SSSR count). The quantitative estimate of drug-likeness (QED) is 0.756. The Hall–Kier alpha value is -0.590. The van der Waals surface area contributed by atoms with E-state index < -0.39 is 0 Å². The first kappa shape index (κ1) is 15.5. The number of piperidine rings is 1. The molecule has 3 heteroatoms. The average molecular weight is 251 g/mol. The van der Waals surface area contributed by atoms with Crippen LogP contribution >= 0.6 is 0 Å². The Bertz CT molecular complexity index is 251. The Balaban J connectivity index is 2.41. The second-order valence-electron chi connectivity index (χ2n) is 6.03. The monoisotopic (exact) mass is 251 g/mol. The summed E-state index contributed by atoms with van der Waals surface area (Å²) < 4.78 is 0. The lowest BCUT2D eigenvalue weighted by Crippen LogP contribution is -2.43. The molecule has 3 nitrogen and oxygen atoms in total. The zero-order chi connectivity index (χ0) is 13.4. The van der Waals surface area contributed by atoms with Crippen LogP contribution in [0.1, 0.15) is 52.9 Å². The maximum atomic E-state index is 8.76. The van der Waals surface area contributed by atoms with Crippen molar-refractivity contribution in [1.29, 1.82) is 5.26 Å². The fraction of sp³-hybridized carbons (Fsp3) is 0.933. The summed E-state index contributed by atoms with van der Waals surface area (Å²) in [5.41, 5.74) is 0. The fourth-order valence-electron chi connectivity index (χ4n) is 2.84. The molecule has 0 amide bonds. The lowest BCUT2D eigenvalue weighted by Gasteiger charge is -2.34. The highest BCUT2D eigenvalue weighted by atomic mass is 15.2. The summed E-state index contributed by atoms with van der Waals surface area (Å²) in [5, 5.41) is 12.4. The van der Waals surface area contributed by atoms with Gasteiger partial charge in [-0.3, -0.25) is 4.90 Å². The summed E-state index contributed by atoms with van der Waals surface area (Å²) in [7, 11) is 0. The maximum Gasteiger partial charge on any atom is 0.0635 e. The third kappa shape index (κ3) is 5.84. The van der Waals surface area contributed by atoms with Crippen LogP contribution in [0, 0.1) is 17.2 Å². The minimum absolute atomic E-state index is 0.580. The Morgan fingerprint density at radius 2 is 2.11 bits per heavy atom. The Morgan fingerprint density at radius 3 is 2.67 bits per heavy atom. The highest BCUT2D eigenvalue weighted by Gasteiger charge is 2.20. The molecule has 1 saturated heterocycles. The molecule has 18 heavy (non-hydrogen) atoms. The van der Waals surface area contributed by atoms with Crippen molar-refractivity contribution in [1.82, 2.24) is 10.2 Å². The molecule has 1 aliphatic rings. The van der Waals surface area contributed by atoms with Crippen LogP contribution in [0.5, 0.6) is 0 Å². The third-order valence-electron chi connectivity index (χ3n) is 3.77. The van der Waals surface area contributed by atoms with Gasteiger partial charge in [0.1, 0.15) is 0 Å². The van der Waals surface area contributed by atoms with Gasteiger partial charge in [-0.25, -0.2) is 0 Å². The summed E-state index contributed by atoms with van der Waals surface area (Å²) >= 11 is 0. The molecule has 0 bridgehead atoms. The van der Waals surface area contributed by atoms with Crippen molar-refractivity contribution in [3.05, 3.63) is 0 Å². The zero-order valence-corrected chi connectivity index (χ0v) is 12.3. The first-order chi connectivity index (χ1) is 8.63. The van der Waals surface area contributed by atoms with E-state index in [0.29, 0.717) is 24.4 Å². The molecule has 2 unspecified atom stereocenters. The maximum absolute atomic E-state index is 8.76. The summed E-state index contributed by atoms with van der Waals surface area (Å²) in [6, 6.07) is 3.54. The van der Waals surface area contributed by atoms with Gasteiger partial charge >= 0.3 is 0 Å². The van der Waals surface area contributed by atoms with Crippen LogP contribution in [0.3, 0.4) is 0 Å². The second kappa shape index (κ2) is 8.50. The van der Waals surface area contributed by atoms with Crippen LogP contribution < -0.4 is 5.32 Å². The molecule has 1 fully saturated rings. The van der Waals surface area contributed by atoms with Gasteiger partial charge in [-0.05, 0) is 38.6 Å². The summed E-state index contributed by atoms with van der Waals surface area (Å²) in [6.45, 7) is 10.0. The molecule has 0 radical (unpaired) electrons. The normalized spacial score (nSPS) is 22.1. The first-order valence-corrected chi connectivity index (χ1v) is 7.48. The minimum Gasteiger partial charge on any atom is -0.314 e. The van der Waals surface area contributed by atoms with Crippen molar-refractivity contribution in [2.24, 2.45) is 5.92 Å². The van der Waals surface area contributed by atoms with Gasteiger partial charge in [0.15, 0.2) is 0 Å². The SMILES string of the molecule is CC(C)CN(CCC#N)C(C)CC1CCCCN1. The molecule has 104 valence electrons. The van der Waals surface area contributed by atoms with Gasteiger partial charge in [-0.15, -0.1) is 0 Å². The van der Waals surface area contributed by atoms with Gasteiger partial charge in [0.2, 0.25) is 0 Å². The predicted octanol–water partition coefficient (Wildman–Crippen LogP) is 2.78. The molecular formula is C15H29N3. The van der Waals surface area contributed by atoms with Gasteiger partial charge in [-0.2, -0.15) is 5.26 Å². The third-order valence-corrected chi connectivity index (χ3v) is 3.77. The van der Waals surface area contributed by atoms with Crippen molar-refractivity contribution < 1.29 is 0 Å². The van der Waals surface area contributed by atoms with Crippen LogP contribution in [0.25, 0.3) is 0 Å². The summed E-state index contributed by atoms with van der Waals surface area (Å²) in [5.74, 6) is 0.672. The van der Waals surface area contributed by atoms with Crippen molar-refractivity contribution in [2.45, 2.75) is 65.0 Å². The van der Waals surface area contributed by atoms with Crippen molar-refractivity contribution in [3.63, 3.8) is 0 Å². The second-order valence-corrected chi connectivity index (χ2v) is 6.03. The number of nitrogens with one attached hydrogen (secondary N) is 1. The molecule has 0 spiro atoms. The van der Waals surface area contributed by atoms with Crippen LogP contribution in [-0.4, -0.2) is 36.6 Å². The van der Waals surface area contributed by atoms with E-state index in [1.54, 1.807) is 0 Å². The van der Waals surface area contributed by atoms with Crippen LogP contribution in [0.2, 0.25) is 0 Å². The molecule has 0 aromatic heterocycles. The zero-order valence-electron chi connectivity index (χ0n) is 12.3. The molecule has 0 aliphatic carbocycles. The first-order valence-electron chi connectivity index (χ1n) is 7.48. The van der Waals surface area contributed by atoms with Crippen molar-refractivity contribution >= 4 is 0 Å². The highest BCUT2D eigenvalue weighted by molar-refractivity contribution is 4.81. The number of nitriles is 1. The largest absolute Gasteiger partial charge is 0.314 e. The topological polar surface area (TPSA) is 39.1 Å². The molecule has 0 aromatic rings. The number of nitrogens with zero attached hydrogens (tertiary/aromatic N) is 2. The van der Waals surface area contributed by atoms with E-state index in [2.05, 4.69) is 37.1 Å². The lowest BCUT2D eigenvalue weighted by molar-refractivity contribution is 0.165. The van der Waals surface area contributed by atoms with E-state index in [4.69, 9.17) is 5.26 Å². The standard InChI is InChI=1S/C15H29N3/c1-13(2)12-18(10-6-8-16)14(3)11-15-7-4-5-9-17-15/h13-15,17H,4-7,9-12H2,1-3H3. The van der Waals surface area contributed by atoms with E-state index in [1.165, 1.54) is 32.2 Å². The molecular weight excluding hydrogens is 222 g/mol. The smallest absolute Gasteiger partial charge is 0.0635 e. The van der Waals surface area contributed by atoms with E-state index in [0.717, 1.165) is 13.1 Å². The fourth-order valence-corrected chi connectivity index (χ4v) is 2.84. The number of hydrogen-bond acceptors (Lipinski definition) is 3. The molecule has 1 N–H and O–H groups in total. The van der Waals surface area contributed by atoms with Gasteiger partial charge < -0.3 is 5.32 Å². The average Bonchev–Trinajstić information content (AvgIpc) is 2.35. The van der Waals surface area contributed by atoms with Crippen LogP contribution in [0.4, 0.5) is 0 Å². The molecule has 1 aliphatic heterocycles. The van der Waals surface area contributed by atoms with Gasteiger partial charge in [0.05, 0.1) is 6.07 Å².